The number of nitrogen functional groups attached to an aromatic ring is 1. The standard InChI is InChI=1S/C20H20N4O2S/c1-13-3-4-17(10-18(13)15-11-22-20(21)23-12-15)27(25,26)16-5-6-19-14(9-16)7-8-24(19)2/h3-6,9-12H,7-8H2,1-2H3,(H2,21,22,23). The van der Waals surface area contributed by atoms with Crippen molar-refractivity contribution < 1.29 is 8.42 Å². The number of hydrogen-bond acceptors (Lipinski definition) is 6. The van der Waals surface area contributed by atoms with Crippen molar-refractivity contribution in [2.75, 3.05) is 24.2 Å². The summed E-state index contributed by atoms with van der Waals surface area (Å²) in [7, 11) is -1.60. The van der Waals surface area contributed by atoms with Crippen LogP contribution in [0.15, 0.2) is 58.6 Å². The molecule has 2 N–H and O–H groups in total. The maximum Gasteiger partial charge on any atom is 0.219 e. The molecule has 4 rings (SSSR count). The molecular formula is C20H20N4O2S. The first-order valence-electron chi connectivity index (χ1n) is 8.64. The number of nitrogens with two attached hydrogens (primary N) is 1. The number of hydrogen-bond donors (Lipinski definition) is 1. The Morgan fingerprint density at radius 2 is 1.70 bits per heavy atom. The average Bonchev–Trinajstić information content (AvgIpc) is 3.03. The maximum absolute atomic E-state index is 13.2. The Morgan fingerprint density at radius 1 is 1.04 bits per heavy atom. The Kier molecular flexibility index (Phi) is 4.11. The van der Waals surface area contributed by atoms with Gasteiger partial charge in [0.2, 0.25) is 15.8 Å². The first kappa shape index (κ1) is 17.5. The van der Waals surface area contributed by atoms with Crippen LogP contribution in [0.4, 0.5) is 11.6 Å². The summed E-state index contributed by atoms with van der Waals surface area (Å²) in [5.41, 5.74) is 10.2. The lowest BCUT2D eigenvalue weighted by Crippen LogP contribution is -2.12. The summed E-state index contributed by atoms with van der Waals surface area (Å²) in [5, 5.41) is 0. The van der Waals surface area contributed by atoms with Crippen molar-refractivity contribution in [1.82, 2.24) is 9.97 Å². The van der Waals surface area contributed by atoms with Crippen LogP contribution in [-0.4, -0.2) is 32.0 Å². The van der Waals surface area contributed by atoms with E-state index in [1.54, 1.807) is 42.7 Å². The lowest BCUT2D eigenvalue weighted by molar-refractivity contribution is 0.596. The minimum atomic E-state index is -3.62. The molecule has 0 fully saturated rings. The number of anilines is 2. The molecule has 7 heteroatoms. The van der Waals surface area contributed by atoms with Gasteiger partial charge in [-0.25, -0.2) is 18.4 Å². The summed E-state index contributed by atoms with van der Waals surface area (Å²) < 4.78 is 26.4. The number of sulfone groups is 1. The Hall–Kier alpha value is -2.93. The van der Waals surface area contributed by atoms with Crippen LogP contribution >= 0.6 is 0 Å². The number of likely N-dealkylation sites (N-methyl/N-ethyl adjacent to an activating group) is 1. The predicted molar refractivity (Wildman–Crippen MR) is 105 cm³/mol. The van der Waals surface area contributed by atoms with Crippen LogP contribution in [0.5, 0.6) is 0 Å². The second-order valence-corrected chi connectivity index (χ2v) is 8.72. The van der Waals surface area contributed by atoms with Gasteiger partial charge in [0.05, 0.1) is 9.79 Å². The number of rotatable bonds is 3. The van der Waals surface area contributed by atoms with Crippen LogP contribution < -0.4 is 10.6 Å². The van der Waals surface area contributed by atoms with Gasteiger partial charge in [0.15, 0.2) is 0 Å². The van der Waals surface area contributed by atoms with Crippen LogP contribution in [0, 0.1) is 6.92 Å². The molecule has 3 aromatic rings. The third-order valence-electron chi connectivity index (χ3n) is 4.99. The van der Waals surface area contributed by atoms with E-state index in [4.69, 9.17) is 5.73 Å². The third kappa shape index (κ3) is 3.04. The fraction of sp³-hybridized carbons (Fsp3) is 0.200. The second kappa shape index (κ2) is 6.35. The van der Waals surface area contributed by atoms with E-state index in [0.29, 0.717) is 4.90 Å². The molecular weight excluding hydrogens is 360 g/mol. The number of benzene rings is 2. The summed E-state index contributed by atoms with van der Waals surface area (Å²) in [4.78, 5) is 10.7. The summed E-state index contributed by atoms with van der Waals surface area (Å²) in [6, 6.07) is 10.5. The lowest BCUT2D eigenvalue weighted by Gasteiger charge is -2.13. The minimum Gasteiger partial charge on any atom is -0.374 e. The highest BCUT2D eigenvalue weighted by Crippen LogP contribution is 2.33. The number of nitrogens with zero attached hydrogens (tertiary/aromatic N) is 3. The van der Waals surface area contributed by atoms with Crippen LogP contribution in [0.3, 0.4) is 0 Å². The van der Waals surface area contributed by atoms with Gasteiger partial charge in [-0.1, -0.05) is 6.07 Å². The molecule has 138 valence electrons. The molecule has 2 aromatic carbocycles. The van der Waals surface area contributed by atoms with Gasteiger partial charge in [-0.05, 0) is 60.4 Å². The maximum atomic E-state index is 13.2. The molecule has 0 saturated carbocycles. The highest BCUT2D eigenvalue weighted by Gasteiger charge is 2.23. The summed E-state index contributed by atoms with van der Waals surface area (Å²) in [6.07, 6.45) is 4.07. The topological polar surface area (TPSA) is 89.2 Å². The molecule has 0 spiro atoms. The van der Waals surface area contributed by atoms with Crippen molar-refractivity contribution in [3.63, 3.8) is 0 Å². The molecule has 1 aliphatic rings. The van der Waals surface area contributed by atoms with E-state index in [1.807, 2.05) is 20.0 Å². The van der Waals surface area contributed by atoms with Crippen molar-refractivity contribution in [1.29, 1.82) is 0 Å². The van der Waals surface area contributed by atoms with Gasteiger partial charge in [-0.3, -0.25) is 0 Å². The van der Waals surface area contributed by atoms with Crippen molar-refractivity contribution in [3.05, 3.63) is 59.9 Å². The number of aryl methyl sites for hydroxylation is 1. The average molecular weight is 380 g/mol. The fourth-order valence-corrected chi connectivity index (χ4v) is 4.74. The van der Waals surface area contributed by atoms with Crippen molar-refractivity contribution in [2.24, 2.45) is 0 Å². The zero-order chi connectivity index (χ0) is 19.2. The van der Waals surface area contributed by atoms with E-state index in [1.165, 1.54) is 0 Å². The normalized spacial score (nSPS) is 13.6. The molecule has 27 heavy (non-hydrogen) atoms. The van der Waals surface area contributed by atoms with E-state index in [-0.39, 0.29) is 10.8 Å². The Bertz CT molecular complexity index is 1130. The quantitative estimate of drug-likeness (QED) is 0.752. The lowest BCUT2D eigenvalue weighted by atomic mass is 10.0. The molecule has 6 nitrogen and oxygen atoms in total. The monoisotopic (exact) mass is 380 g/mol. The van der Waals surface area contributed by atoms with E-state index in [9.17, 15) is 8.42 Å². The molecule has 0 saturated heterocycles. The molecule has 0 aliphatic carbocycles. The highest BCUT2D eigenvalue weighted by molar-refractivity contribution is 7.91. The van der Waals surface area contributed by atoms with Gasteiger partial charge in [-0.2, -0.15) is 0 Å². The summed E-state index contributed by atoms with van der Waals surface area (Å²) >= 11 is 0. The predicted octanol–water partition coefficient (Wildman–Crippen LogP) is 2.86. The second-order valence-electron chi connectivity index (χ2n) is 6.77. The van der Waals surface area contributed by atoms with Crippen molar-refractivity contribution >= 4 is 21.5 Å². The Morgan fingerprint density at radius 3 is 2.44 bits per heavy atom. The van der Waals surface area contributed by atoms with Crippen molar-refractivity contribution in [2.45, 2.75) is 23.1 Å². The highest BCUT2D eigenvalue weighted by atomic mass is 32.2. The number of fused-ring (bicyclic) bond motifs is 1. The first-order valence-corrected chi connectivity index (χ1v) is 10.1. The first-order chi connectivity index (χ1) is 12.9. The van der Waals surface area contributed by atoms with E-state index < -0.39 is 9.84 Å². The van der Waals surface area contributed by atoms with Crippen LogP contribution in [0.25, 0.3) is 11.1 Å². The SMILES string of the molecule is Cc1ccc(S(=O)(=O)c2ccc3c(c2)CCN3C)cc1-c1cnc(N)nc1. The van der Waals surface area contributed by atoms with Gasteiger partial charge in [0.1, 0.15) is 0 Å². The molecule has 0 radical (unpaired) electrons. The van der Waals surface area contributed by atoms with Crippen LogP contribution in [0.2, 0.25) is 0 Å². The Labute approximate surface area is 158 Å². The molecule has 2 heterocycles. The zero-order valence-corrected chi connectivity index (χ0v) is 16.0. The summed E-state index contributed by atoms with van der Waals surface area (Å²) in [5.74, 6) is 0.184. The van der Waals surface area contributed by atoms with E-state index in [0.717, 1.165) is 40.9 Å². The largest absolute Gasteiger partial charge is 0.374 e. The van der Waals surface area contributed by atoms with E-state index in [2.05, 4.69) is 14.9 Å². The van der Waals surface area contributed by atoms with Crippen LogP contribution in [-0.2, 0) is 16.3 Å². The minimum absolute atomic E-state index is 0.184. The Balaban J connectivity index is 1.79. The third-order valence-corrected chi connectivity index (χ3v) is 6.74. The van der Waals surface area contributed by atoms with Crippen molar-refractivity contribution in [3.8, 4) is 11.1 Å². The molecule has 0 atom stereocenters. The molecule has 1 aliphatic heterocycles. The zero-order valence-electron chi connectivity index (χ0n) is 15.2. The van der Waals surface area contributed by atoms with Gasteiger partial charge < -0.3 is 10.6 Å². The smallest absolute Gasteiger partial charge is 0.219 e. The van der Waals surface area contributed by atoms with Crippen LogP contribution in [0.1, 0.15) is 11.1 Å². The number of aromatic nitrogens is 2. The van der Waals surface area contributed by atoms with Gasteiger partial charge >= 0.3 is 0 Å². The molecule has 0 bridgehead atoms. The van der Waals surface area contributed by atoms with Gasteiger partial charge in [0.25, 0.3) is 0 Å². The summed E-state index contributed by atoms with van der Waals surface area (Å²) in [6.45, 7) is 2.83. The molecule has 1 aromatic heterocycles. The molecule has 0 unspecified atom stereocenters. The van der Waals surface area contributed by atoms with Gasteiger partial charge in [0, 0.05) is 37.2 Å². The molecule has 0 amide bonds. The fourth-order valence-electron chi connectivity index (χ4n) is 3.40. The van der Waals surface area contributed by atoms with E-state index >= 15 is 0 Å². The van der Waals surface area contributed by atoms with Gasteiger partial charge in [-0.15, -0.1) is 0 Å².